The summed E-state index contributed by atoms with van der Waals surface area (Å²) in [6.07, 6.45) is 1.67. The Morgan fingerprint density at radius 2 is 2.36 bits per heavy atom. The normalized spacial score (nSPS) is 37.2. The van der Waals surface area contributed by atoms with E-state index >= 15 is 0 Å². The van der Waals surface area contributed by atoms with E-state index in [4.69, 9.17) is 0 Å². The highest BCUT2D eigenvalue weighted by Crippen LogP contribution is 2.38. The minimum atomic E-state index is -0.436. The number of aliphatic hydroxyl groups excluding tert-OH is 1. The van der Waals surface area contributed by atoms with Gasteiger partial charge in [0.1, 0.15) is 0 Å². The summed E-state index contributed by atoms with van der Waals surface area (Å²) in [5, 5.41) is 9.20. The van der Waals surface area contributed by atoms with Gasteiger partial charge in [-0.05, 0) is 26.2 Å². The minimum Gasteiger partial charge on any atom is -0.469 e. The first kappa shape index (κ1) is 8.53. The standard InChI is InChI=1S/C8H14O3/c1-8(7(10)11-2)4-3-6(9)5-8/h6,9H,3-5H2,1-2H3/t6-,8?/m0/s1. The molecule has 0 heterocycles. The number of rotatable bonds is 1. The fraction of sp³-hybridized carbons (Fsp3) is 0.875. The molecule has 1 unspecified atom stereocenters. The molecule has 0 aromatic rings. The van der Waals surface area contributed by atoms with Crippen LogP contribution in [0.2, 0.25) is 0 Å². The van der Waals surface area contributed by atoms with Gasteiger partial charge in [-0.25, -0.2) is 0 Å². The minimum absolute atomic E-state index is 0.200. The number of hydrogen-bond acceptors (Lipinski definition) is 3. The van der Waals surface area contributed by atoms with Crippen molar-refractivity contribution in [2.75, 3.05) is 7.11 Å². The maximum atomic E-state index is 11.1. The van der Waals surface area contributed by atoms with Crippen molar-refractivity contribution >= 4 is 5.97 Å². The first-order valence-electron chi connectivity index (χ1n) is 3.85. The number of esters is 1. The Kier molecular flexibility index (Phi) is 2.18. The summed E-state index contributed by atoms with van der Waals surface area (Å²) in [5.41, 5.74) is -0.436. The van der Waals surface area contributed by atoms with Crippen molar-refractivity contribution in [3.05, 3.63) is 0 Å². The second kappa shape index (κ2) is 2.81. The van der Waals surface area contributed by atoms with Gasteiger partial charge in [-0.1, -0.05) is 0 Å². The van der Waals surface area contributed by atoms with Crippen LogP contribution in [-0.2, 0) is 9.53 Å². The van der Waals surface area contributed by atoms with E-state index in [9.17, 15) is 9.90 Å². The molecule has 0 amide bonds. The van der Waals surface area contributed by atoms with E-state index in [-0.39, 0.29) is 12.1 Å². The van der Waals surface area contributed by atoms with Gasteiger partial charge < -0.3 is 9.84 Å². The average Bonchev–Trinajstić information content (AvgIpc) is 2.31. The van der Waals surface area contributed by atoms with Crippen LogP contribution in [0, 0.1) is 5.41 Å². The number of aliphatic hydroxyl groups is 1. The molecule has 0 aromatic heterocycles. The highest BCUT2D eigenvalue weighted by molar-refractivity contribution is 5.76. The van der Waals surface area contributed by atoms with Crippen molar-refractivity contribution in [2.24, 2.45) is 5.41 Å². The quantitative estimate of drug-likeness (QED) is 0.572. The average molecular weight is 158 g/mol. The summed E-state index contributed by atoms with van der Waals surface area (Å²) in [6, 6.07) is 0. The zero-order valence-corrected chi connectivity index (χ0v) is 6.96. The molecule has 1 saturated carbocycles. The number of hydrogen-bond donors (Lipinski definition) is 1. The molecule has 0 aromatic carbocycles. The molecule has 1 aliphatic rings. The Morgan fingerprint density at radius 1 is 1.73 bits per heavy atom. The number of methoxy groups -OCH3 is 1. The van der Waals surface area contributed by atoms with Crippen molar-refractivity contribution in [3.63, 3.8) is 0 Å². The summed E-state index contributed by atoms with van der Waals surface area (Å²) in [5.74, 6) is -0.200. The third-order valence-electron chi connectivity index (χ3n) is 2.39. The lowest BCUT2D eigenvalue weighted by atomic mass is 9.89. The highest BCUT2D eigenvalue weighted by atomic mass is 16.5. The molecule has 11 heavy (non-hydrogen) atoms. The van der Waals surface area contributed by atoms with Crippen molar-refractivity contribution in [3.8, 4) is 0 Å². The maximum absolute atomic E-state index is 11.1. The van der Waals surface area contributed by atoms with E-state index in [0.717, 1.165) is 6.42 Å². The Morgan fingerprint density at radius 3 is 2.73 bits per heavy atom. The van der Waals surface area contributed by atoms with Gasteiger partial charge in [0.05, 0.1) is 18.6 Å². The van der Waals surface area contributed by atoms with Crippen LogP contribution in [-0.4, -0.2) is 24.3 Å². The molecule has 3 nitrogen and oxygen atoms in total. The molecule has 64 valence electrons. The van der Waals surface area contributed by atoms with E-state index < -0.39 is 5.41 Å². The third kappa shape index (κ3) is 1.53. The largest absolute Gasteiger partial charge is 0.469 e. The molecule has 1 aliphatic carbocycles. The molecule has 0 spiro atoms. The zero-order chi connectivity index (χ0) is 8.48. The Bertz CT molecular complexity index is 167. The fourth-order valence-corrected chi connectivity index (χ4v) is 1.64. The molecule has 3 heteroatoms. The van der Waals surface area contributed by atoms with Crippen molar-refractivity contribution < 1.29 is 14.6 Å². The Hall–Kier alpha value is -0.570. The number of carbonyl (C=O) groups excluding carboxylic acids is 1. The molecule has 0 bridgehead atoms. The molecule has 2 atom stereocenters. The van der Waals surface area contributed by atoms with Crippen LogP contribution in [0.3, 0.4) is 0 Å². The molecule has 0 radical (unpaired) electrons. The van der Waals surface area contributed by atoms with Gasteiger partial charge in [-0.2, -0.15) is 0 Å². The molecular formula is C8H14O3. The second-order valence-electron chi connectivity index (χ2n) is 3.45. The van der Waals surface area contributed by atoms with Crippen molar-refractivity contribution in [2.45, 2.75) is 32.3 Å². The number of ether oxygens (including phenoxy) is 1. The maximum Gasteiger partial charge on any atom is 0.311 e. The Balaban J connectivity index is 2.61. The topological polar surface area (TPSA) is 46.5 Å². The van der Waals surface area contributed by atoms with Gasteiger partial charge in [0.15, 0.2) is 0 Å². The molecule has 1 fully saturated rings. The van der Waals surface area contributed by atoms with E-state index in [1.807, 2.05) is 6.92 Å². The van der Waals surface area contributed by atoms with Crippen LogP contribution < -0.4 is 0 Å². The second-order valence-corrected chi connectivity index (χ2v) is 3.45. The van der Waals surface area contributed by atoms with Crippen LogP contribution in [0.25, 0.3) is 0 Å². The lowest BCUT2D eigenvalue weighted by molar-refractivity contribution is -0.151. The predicted molar refractivity (Wildman–Crippen MR) is 40.0 cm³/mol. The SMILES string of the molecule is COC(=O)C1(C)CC[C@H](O)C1. The van der Waals surface area contributed by atoms with Gasteiger partial charge in [0, 0.05) is 0 Å². The molecule has 0 aliphatic heterocycles. The van der Waals surface area contributed by atoms with E-state index in [1.54, 1.807) is 0 Å². The Labute approximate surface area is 66.4 Å². The third-order valence-corrected chi connectivity index (χ3v) is 2.39. The first-order chi connectivity index (χ1) is 5.08. The smallest absolute Gasteiger partial charge is 0.311 e. The molecule has 1 rings (SSSR count). The molecule has 0 saturated heterocycles. The van der Waals surface area contributed by atoms with Gasteiger partial charge in [0.2, 0.25) is 0 Å². The van der Waals surface area contributed by atoms with Crippen LogP contribution in [0.4, 0.5) is 0 Å². The summed E-state index contributed by atoms with van der Waals surface area (Å²) in [7, 11) is 1.39. The van der Waals surface area contributed by atoms with Gasteiger partial charge in [0.25, 0.3) is 0 Å². The fourth-order valence-electron chi connectivity index (χ4n) is 1.64. The monoisotopic (exact) mass is 158 g/mol. The zero-order valence-electron chi connectivity index (χ0n) is 6.96. The van der Waals surface area contributed by atoms with Crippen molar-refractivity contribution in [1.82, 2.24) is 0 Å². The first-order valence-corrected chi connectivity index (χ1v) is 3.85. The summed E-state index contributed by atoms with van der Waals surface area (Å²) in [6.45, 7) is 1.84. The van der Waals surface area contributed by atoms with E-state index in [0.29, 0.717) is 12.8 Å². The van der Waals surface area contributed by atoms with E-state index in [2.05, 4.69) is 4.74 Å². The lowest BCUT2D eigenvalue weighted by Gasteiger charge is -2.19. The van der Waals surface area contributed by atoms with Gasteiger partial charge in [-0.3, -0.25) is 4.79 Å². The lowest BCUT2D eigenvalue weighted by Crippen LogP contribution is -2.26. The van der Waals surface area contributed by atoms with Crippen molar-refractivity contribution in [1.29, 1.82) is 0 Å². The highest BCUT2D eigenvalue weighted by Gasteiger charge is 2.41. The molecule has 1 N–H and O–H groups in total. The summed E-state index contributed by atoms with van der Waals surface area (Å²) >= 11 is 0. The molecular weight excluding hydrogens is 144 g/mol. The van der Waals surface area contributed by atoms with Crippen LogP contribution in [0.1, 0.15) is 26.2 Å². The van der Waals surface area contributed by atoms with E-state index in [1.165, 1.54) is 7.11 Å². The summed E-state index contributed by atoms with van der Waals surface area (Å²) < 4.78 is 4.64. The van der Waals surface area contributed by atoms with Crippen LogP contribution in [0.15, 0.2) is 0 Å². The van der Waals surface area contributed by atoms with Gasteiger partial charge in [-0.15, -0.1) is 0 Å². The summed E-state index contributed by atoms with van der Waals surface area (Å²) in [4.78, 5) is 11.1. The van der Waals surface area contributed by atoms with Crippen LogP contribution in [0.5, 0.6) is 0 Å². The number of carbonyl (C=O) groups is 1. The predicted octanol–water partition coefficient (Wildman–Crippen LogP) is 0.710. The van der Waals surface area contributed by atoms with Crippen LogP contribution >= 0.6 is 0 Å². The van der Waals surface area contributed by atoms with Gasteiger partial charge >= 0.3 is 5.97 Å².